The van der Waals surface area contributed by atoms with Crippen molar-refractivity contribution in [1.82, 2.24) is 14.5 Å². The maximum atomic E-state index is 11.3. The number of rotatable bonds is 5. The fourth-order valence-electron chi connectivity index (χ4n) is 2.11. The molecule has 7 heteroatoms. The van der Waals surface area contributed by atoms with Crippen molar-refractivity contribution >= 4 is 10.0 Å². The molecule has 0 saturated carbocycles. The monoisotopic (exact) mass is 273 g/mol. The Morgan fingerprint density at radius 2 is 2.28 bits per heavy atom. The summed E-state index contributed by atoms with van der Waals surface area (Å²) in [5.74, 6) is 0.108. The van der Waals surface area contributed by atoms with Crippen LogP contribution < -0.4 is 4.72 Å². The van der Waals surface area contributed by atoms with Crippen molar-refractivity contribution in [3.05, 3.63) is 17.0 Å². The third-order valence-electron chi connectivity index (χ3n) is 3.15. The van der Waals surface area contributed by atoms with Crippen LogP contribution in [-0.4, -0.2) is 37.1 Å². The first-order chi connectivity index (χ1) is 8.53. The number of hydrogen-bond acceptors (Lipinski definition) is 4. The van der Waals surface area contributed by atoms with Gasteiger partial charge in [-0.3, -0.25) is 4.68 Å². The first-order valence-electron chi connectivity index (χ1n) is 6.12. The molecule has 18 heavy (non-hydrogen) atoms. The van der Waals surface area contributed by atoms with Crippen molar-refractivity contribution < 1.29 is 13.2 Å². The van der Waals surface area contributed by atoms with E-state index < -0.39 is 10.0 Å². The molecule has 6 nitrogen and oxygen atoms in total. The Morgan fingerprint density at radius 1 is 1.50 bits per heavy atom. The number of sulfonamides is 1. The van der Waals surface area contributed by atoms with Crippen LogP contribution in [0.1, 0.15) is 23.9 Å². The summed E-state index contributed by atoms with van der Waals surface area (Å²) >= 11 is 0. The van der Waals surface area contributed by atoms with Gasteiger partial charge in [-0.1, -0.05) is 0 Å². The first kappa shape index (κ1) is 13.5. The Kier molecular flexibility index (Phi) is 4.04. The number of hydrogen-bond donors (Lipinski definition) is 1. The predicted molar refractivity (Wildman–Crippen MR) is 67.7 cm³/mol. The molecular weight excluding hydrogens is 254 g/mol. The molecule has 1 aliphatic rings. The molecule has 0 atom stereocenters. The van der Waals surface area contributed by atoms with Crippen molar-refractivity contribution in [2.75, 3.05) is 18.9 Å². The van der Waals surface area contributed by atoms with Gasteiger partial charge in [-0.15, -0.1) is 0 Å². The number of aromatic nitrogens is 2. The van der Waals surface area contributed by atoms with Gasteiger partial charge < -0.3 is 4.74 Å². The van der Waals surface area contributed by atoms with E-state index in [-0.39, 0.29) is 5.75 Å². The summed E-state index contributed by atoms with van der Waals surface area (Å²) in [6.45, 7) is 3.33. The molecule has 0 unspecified atom stereocenters. The lowest BCUT2D eigenvalue weighted by molar-refractivity contribution is 0.108. The highest BCUT2D eigenvalue weighted by Crippen LogP contribution is 2.20. The van der Waals surface area contributed by atoms with Gasteiger partial charge in [0, 0.05) is 37.7 Å². The van der Waals surface area contributed by atoms with E-state index in [2.05, 4.69) is 9.82 Å². The fourth-order valence-corrected chi connectivity index (χ4v) is 2.73. The van der Waals surface area contributed by atoms with Crippen molar-refractivity contribution in [1.29, 1.82) is 0 Å². The lowest BCUT2D eigenvalue weighted by Gasteiger charge is -2.13. The smallest absolute Gasteiger partial charge is 0.211 e. The average molecular weight is 273 g/mol. The molecule has 0 bridgehead atoms. The summed E-state index contributed by atoms with van der Waals surface area (Å²) in [5, 5.41) is 4.44. The van der Waals surface area contributed by atoms with Crippen LogP contribution in [0.5, 0.6) is 0 Å². The van der Waals surface area contributed by atoms with E-state index in [9.17, 15) is 8.42 Å². The maximum Gasteiger partial charge on any atom is 0.211 e. The molecule has 0 fully saturated rings. The zero-order valence-corrected chi connectivity index (χ0v) is 11.6. The summed E-state index contributed by atoms with van der Waals surface area (Å²) in [6, 6.07) is 0. The third kappa shape index (κ3) is 2.90. The summed E-state index contributed by atoms with van der Waals surface area (Å²) in [7, 11) is -1.20. The summed E-state index contributed by atoms with van der Waals surface area (Å²) in [4.78, 5) is 0. The number of ether oxygens (including phenoxy) is 1. The van der Waals surface area contributed by atoms with E-state index in [1.165, 1.54) is 5.69 Å². The summed E-state index contributed by atoms with van der Waals surface area (Å²) in [5.41, 5.74) is 3.26. The quantitative estimate of drug-likeness (QED) is 0.818. The van der Waals surface area contributed by atoms with Gasteiger partial charge in [0.1, 0.15) is 0 Å². The van der Waals surface area contributed by atoms with Crippen LogP contribution in [0.3, 0.4) is 0 Å². The topological polar surface area (TPSA) is 73.2 Å². The van der Waals surface area contributed by atoms with Crippen molar-refractivity contribution in [2.24, 2.45) is 7.05 Å². The maximum absolute atomic E-state index is 11.3. The Balaban J connectivity index is 2.02. The minimum absolute atomic E-state index is 0.108. The molecular formula is C11H19N3O3S. The third-order valence-corrected chi connectivity index (χ3v) is 4.56. The molecule has 1 aliphatic heterocycles. The van der Waals surface area contributed by atoms with Gasteiger partial charge in [-0.05, 0) is 6.92 Å². The molecule has 1 N–H and O–H groups in total. The molecule has 0 saturated heterocycles. The lowest BCUT2D eigenvalue weighted by atomic mass is 10.1. The van der Waals surface area contributed by atoms with Crippen molar-refractivity contribution in [3.63, 3.8) is 0 Å². The van der Waals surface area contributed by atoms with Gasteiger partial charge in [0.25, 0.3) is 0 Å². The van der Waals surface area contributed by atoms with Gasteiger partial charge in [-0.2, -0.15) is 5.10 Å². The molecule has 1 aromatic heterocycles. The molecule has 1 aromatic rings. The molecule has 0 spiro atoms. The van der Waals surface area contributed by atoms with E-state index in [4.69, 9.17) is 4.74 Å². The van der Waals surface area contributed by atoms with Crippen LogP contribution in [-0.2, 0) is 41.3 Å². The van der Waals surface area contributed by atoms with Crippen LogP contribution in [0.25, 0.3) is 0 Å². The second-order valence-corrected chi connectivity index (χ2v) is 6.44. The average Bonchev–Trinajstić information content (AvgIpc) is 2.67. The molecule has 0 aromatic carbocycles. The first-order valence-corrected chi connectivity index (χ1v) is 7.77. The van der Waals surface area contributed by atoms with Gasteiger partial charge in [-0.25, -0.2) is 13.1 Å². The van der Waals surface area contributed by atoms with Crippen LogP contribution >= 0.6 is 0 Å². The zero-order chi connectivity index (χ0) is 13.2. The Bertz CT molecular complexity index is 522. The van der Waals surface area contributed by atoms with E-state index >= 15 is 0 Å². The largest absolute Gasteiger partial charge is 0.376 e. The Morgan fingerprint density at radius 3 is 3.00 bits per heavy atom. The van der Waals surface area contributed by atoms with Gasteiger partial charge >= 0.3 is 0 Å². The lowest BCUT2D eigenvalue weighted by Crippen LogP contribution is -2.27. The normalized spacial score (nSPS) is 15.7. The van der Waals surface area contributed by atoms with Crippen LogP contribution in [0.2, 0.25) is 0 Å². The van der Waals surface area contributed by atoms with E-state index in [0.717, 1.165) is 24.3 Å². The predicted octanol–water partition coefficient (Wildman–Crippen LogP) is -0.0254. The second-order valence-electron chi connectivity index (χ2n) is 4.35. The zero-order valence-electron chi connectivity index (χ0n) is 10.8. The van der Waals surface area contributed by atoms with E-state index in [1.54, 1.807) is 6.92 Å². The van der Waals surface area contributed by atoms with Crippen molar-refractivity contribution in [3.8, 4) is 0 Å². The highest BCUT2D eigenvalue weighted by molar-refractivity contribution is 7.89. The van der Waals surface area contributed by atoms with Gasteiger partial charge in [0.2, 0.25) is 10.0 Å². The number of aryl methyl sites for hydroxylation is 1. The minimum atomic E-state index is -3.12. The van der Waals surface area contributed by atoms with Gasteiger partial charge in [0.05, 0.1) is 24.7 Å². The van der Waals surface area contributed by atoms with E-state index in [1.807, 2.05) is 11.7 Å². The summed E-state index contributed by atoms with van der Waals surface area (Å²) < 4.78 is 32.5. The molecule has 2 heterocycles. The highest BCUT2D eigenvalue weighted by Gasteiger charge is 2.19. The molecule has 0 aliphatic carbocycles. The highest BCUT2D eigenvalue weighted by atomic mass is 32.2. The second kappa shape index (κ2) is 5.38. The molecule has 2 rings (SSSR count). The number of nitrogens with one attached hydrogen (secondary N) is 1. The minimum Gasteiger partial charge on any atom is -0.376 e. The van der Waals surface area contributed by atoms with Crippen molar-refractivity contribution in [2.45, 2.75) is 26.4 Å². The van der Waals surface area contributed by atoms with Crippen LogP contribution in [0, 0.1) is 0 Å². The van der Waals surface area contributed by atoms with E-state index in [0.29, 0.717) is 19.6 Å². The number of fused-ring (bicyclic) bond motifs is 1. The molecule has 102 valence electrons. The van der Waals surface area contributed by atoms with Crippen LogP contribution in [0.15, 0.2) is 0 Å². The molecule has 0 amide bonds. The Hall–Kier alpha value is -0.920. The Labute approximate surface area is 107 Å². The standard InChI is InChI=1S/C11H19N3O3S/c1-3-18(15,16)12-6-4-10-9-8-17-7-5-11(9)14(2)13-10/h12H,3-8H2,1-2H3. The van der Waals surface area contributed by atoms with Gasteiger partial charge in [0.15, 0.2) is 0 Å². The molecule has 0 radical (unpaired) electrons. The van der Waals surface area contributed by atoms with Crippen LogP contribution in [0.4, 0.5) is 0 Å². The SMILES string of the molecule is CCS(=O)(=O)NCCc1nn(C)c2c1COCC2. The number of nitrogens with zero attached hydrogens (tertiary/aromatic N) is 2. The summed E-state index contributed by atoms with van der Waals surface area (Å²) in [6.07, 6.45) is 1.48. The fraction of sp³-hybridized carbons (Fsp3) is 0.727.